The van der Waals surface area contributed by atoms with Gasteiger partial charge in [-0.05, 0) is 65.2 Å². The molecule has 3 unspecified atom stereocenters. The summed E-state index contributed by atoms with van der Waals surface area (Å²) in [4.78, 5) is 5.34. The zero-order valence-corrected chi connectivity index (χ0v) is 13.9. The van der Waals surface area contributed by atoms with Crippen molar-refractivity contribution in [1.29, 1.82) is 0 Å². The monoisotopic (exact) mass is 281 g/mol. The molecular weight excluding hydrogens is 246 g/mol. The summed E-state index contributed by atoms with van der Waals surface area (Å²) < 4.78 is 0. The van der Waals surface area contributed by atoms with E-state index in [9.17, 15) is 0 Å². The standard InChI is InChI=1S/C17H35N3/c1-4-5-6-10-18-13-15(2)20-12-9-17-16(14-20)8-7-11-19(17)3/h15-18H,4-14H2,1-3H3. The summed E-state index contributed by atoms with van der Waals surface area (Å²) in [5, 5.41) is 3.65. The van der Waals surface area contributed by atoms with Crippen molar-refractivity contribution in [2.24, 2.45) is 5.92 Å². The molecule has 0 aromatic heterocycles. The topological polar surface area (TPSA) is 18.5 Å². The minimum absolute atomic E-state index is 0.699. The SMILES string of the molecule is CCCCCNCC(C)N1CCC2C(CCCN2C)C1. The maximum absolute atomic E-state index is 3.65. The van der Waals surface area contributed by atoms with Gasteiger partial charge in [-0.3, -0.25) is 4.90 Å². The van der Waals surface area contributed by atoms with Crippen LogP contribution in [0.4, 0.5) is 0 Å². The lowest BCUT2D eigenvalue weighted by atomic mass is 9.84. The number of nitrogens with zero attached hydrogens (tertiary/aromatic N) is 2. The van der Waals surface area contributed by atoms with E-state index in [2.05, 4.69) is 36.0 Å². The molecule has 1 N–H and O–H groups in total. The van der Waals surface area contributed by atoms with E-state index in [0.29, 0.717) is 6.04 Å². The molecule has 0 aromatic carbocycles. The van der Waals surface area contributed by atoms with Gasteiger partial charge in [0.25, 0.3) is 0 Å². The van der Waals surface area contributed by atoms with Crippen LogP contribution in [0.3, 0.4) is 0 Å². The summed E-state index contributed by atoms with van der Waals surface area (Å²) >= 11 is 0. The number of piperidine rings is 2. The van der Waals surface area contributed by atoms with Crippen LogP contribution in [0.15, 0.2) is 0 Å². The average Bonchev–Trinajstić information content (AvgIpc) is 2.47. The van der Waals surface area contributed by atoms with Crippen LogP contribution in [0, 0.1) is 5.92 Å². The third-order valence-electron chi connectivity index (χ3n) is 5.40. The Bertz CT molecular complexity index is 269. The molecule has 2 aliphatic rings. The van der Waals surface area contributed by atoms with Crippen molar-refractivity contribution >= 4 is 0 Å². The van der Waals surface area contributed by atoms with E-state index in [-0.39, 0.29) is 0 Å². The Morgan fingerprint density at radius 2 is 2.05 bits per heavy atom. The summed E-state index contributed by atoms with van der Waals surface area (Å²) in [7, 11) is 2.32. The highest BCUT2D eigenvalue weighted by atomic mass is 15.2. The number of likely N-dealkylation sites (tertiary alicyclic amines) is 2. The largest absolute Gasteiger partial charge is 0.315 e. The van der Waals surface area contributed by atoms with E-state index in [1.807, 2.05) is 0 Å². The van der Waals surface area contributed by atoms with Crippen LogP contribution in [0.25, 0.3) is 0 Å². The van der Waals surface area contributed by atoms with Crippen LogP contribution in [0.1, 0.15) is 52.4 Å². The summed E-state index contributed by atoms with van der Waals surface area (Å²) in [6.45, 7) is 11.0. The Morgan fingerprint density at radius 1 is 1.20 bits per heavy atom. The van der Waals surface area contributed by atoms with Gasteiger partial charge in [-0.2, -0.15) is 0 Å². The van der Waals surface area contributed by atoms with Crippen molar-refractivity contribution in [1.82, 2.24) is 15.1 Å². The predicted molar refractivity (Wildman–Crippen MR) is 87.2 cm³/mol. The molecule has 3 heteroatoms. The Kier molecular flexibility index (Phi) is 6.79. The molecule has 0 bridgehead atoms. The Hall–Kier alpha value is -0.120. The van der Waals surface area contributed by atoms with E-state index in [1.165, 1.54) is 64.7 Å². The van der Waals surface area contributed by atoms with E-state index in [4.69, 9.17) is 0 Å². The molecule has 2 aliphatic heterocycles. The first-order valence-corrected chi connectivity index (χ1v) is 8.87. The zero-order valence-electron chi connectivity index (χ0n) is 13.9. The maximum atomic E-state index is 3.65. The van der Waals surface area contributed by atoms with Gasteiger partial charge in [0.15, 0.2) is 0 Å². The van der Waals surface area contributed by atoms with E-state index in [0.717, 1.165) is 18.5 Å². The lowest BCUT2D eigenvalue weighted by molar-refractivity contribution is 0.0234. The van der Waals surface area contributed by atoms with Crippen LogP contribution < -0.4 is 5.32 Å². The van der Waals surface area contributed by atoms with Gasteiger partial charge in [0, 0.05) is 25.2 Å². The minimum Gasteiger partial charge on any atom is -0.315 e. The van der Waals surface area contributed by atoms with Gasteiger partial charge in [0.2, 0.25) is 0 Å². The number of nitrogens with one attached hydrogen (secondary N) is 1. The van der Waals surface area contributed by atoms with Crippen molar-refractivity contribution in [3.8, 4) is 0 Å². The summed E-state index contributed by atoms with van der Waals surface area (Å²) in [5.41, 5.74) is 0. The van der Waals surface area contributed by atoms with E-state index in [1.54, 1.807) is 0 Å². The molecule has 2 rings (SSSR count). The molecule has 3 atom stereocenters. The third-order valence-corrected chi connectivity index (χ3v) is 5.40. The summed E-state index contributed by atoms with van der Waals surface area (Å²) in [6, 6.07) is 1.56. The van der Waals surface area contributed by atoms with Crippen molar-refractivity contribution in [2.75, 3.05) is 39.8 Å². The van der Waals surface area contributed by atoms with Gasteiger partial charge in [0.05, 0.1) is 0 Å². The zero-order chi connectivity index (χ0) is 14.4. The first-order chi connectivity index (χ1) is 9.72. The first kappa shape index (κ1) is 16.3. The van der Waals surface area contributed by atoms with Gasteiger partial charge in [-0.25, -0.2) is 0 Å². The first-order valence-electron chi connectivity index (χ1n) is 8.87. The van der Waals surface area contributed by atoms with Gasteiger partial charge in [-0.15, -0.1) is 0 Å². The van der Waals surface area contributed by atoms with Crippen molar-refractivity contribution in [3.05, 3.63) is 0 Å². The van der Waals surface area contributed by atoms with Crippen LogP contribution in [-0.2, 0) is 0 Å². The fourth-order valence-electron chi connectivity index (χ4n) is 4.02. The normalized spacial score (nSPS) is 30.1. The Morgan fingerprint density at radius 3 is 2.85 bits per heavy atom. The molecule has 0 aromatic rings. The average molecular weight is 281 g/mol. The molecular formula is C17H35N3. The minimum atomic E-state index is 0.699. The quantitative estimate of drug-likeness (QED) is 0.724. The highest BCUT2D eigenvalue weighted by Gasteiger charge is 2.35. The fourth-order valence-corrected chi connectivity index (χ4v) is 4.02. The molecule has 118 valence electrons. The molecule has 0 amide bonds. The molecule has 20 heavy (non-hydrogen) atoms. The van der Waals surface area contributed by atoms with Crippen LogP contribution >= 0.6 is 0 Å². The smallest absolute Gasteiger partial charge is 0.0192 e. The lowest BCUT2D eigenvalue weighted by Gasteiger charge is -2.47. The lowest BCUT2D eigenvalue weighted by Crippen LogP contribution is -2.55. The van der Waals surface area contributed by atoms with Crippen LogP contribution in [0.5, 0.6) is 0 Å². The van der Waals surface area contributed by atoms with Crippen molar-refractivity contribution in [3.63, 3.8) is 0 Å². The predicted octanol–water partition coefficient (Wildman–Crippen LogP) is 2.57. The van der Waals surface area contributed by atoms with Crippen molar-refractivity contribution in [2.45, 2.75) is 64.5 Å². The fraction of sp³-hybridized carbons (Fsp3) is 1.00. The summed E-state index contributed by atoms with van der Waals surface area (Å²) in [5.74, 6) is 0.921. The van der Waals surface area contributed by atoms with E-state index >= 15 is 0 Å². The highest BCUT2D eigenvalue weighted by Crippen LogP contribution is 2.30. The Balaban J connectivity index is 1.68. The number of fused-ring (bicyclic) bond motifs is 1. The second-order valence-electron chi connectivity index (χ2n) is 6.99. The van der Waals surface area contributed by atoms with Crippen molar-refractivity contribution < 1.29 is 0 Å². The molecule has 2 fully saturated rings. The van der Waals surface area contributed by atoms with E-state index < -0.39 is 0 Å². The number of hydrogen-bond acceptors (Lipinski definition) is 3. The second-order valence-corrected chi connectivity index (χ2v) is 6.99. The molecule has 3 nitrogen and oxygen atoms in total. The number of unbranched alkanes of at least 4 members (excludes halogenated alkanes) is 2. The van der Waals surface area contributed by atoms with Gasteiger partial charge < -0.3 is 10.2 Å². The van der Waals surface area contributed by atoms with Crippen LogP contribution in [-0.4, -0.2) is 61.7 Å². The second kappa shape index (κ2) is 8.35. The van der Waals surface area contributed by atoms with Gasteiger partial charge in [-0.1, -0.05) is 19.8 Å². The molecule has 0 spiro atoms. The molecule has 2 saturated heterocycles. The molecule has 0 aliphatic carbocycles. The van der Waals surface area contributed by atoms with Crippen LogP contribution in [0.2, 0.25) is 0 Å². The molecule has 2 heterocycles. The van der Waals surface area contributed by atoms with Gasteiger partial charge in [0.1, 0.15) is 0 Å². The maximum Gasteiger partial charge on any atom is 0.0192 e. The molecule has 0 saturated carbocycles. The van der Waals surface area contributed by atoms with Gasteiger partial charge >= 0.3 is 0 Å². The molecule has 0 radical (unpaired) electrons. The third kappa shape index (κ3) is 4.44. The number of rotatable bonds is 7. The summed E-state index contributed by atoms with van der Waals surface area (Å²) in [6.07, 6.45) is 8.23. The number of hydrogen-bond donors (Lipinski definition) is 1. The highest BCUT2D eigenvalue weighted by molar-refractivity contribution is 4.90. The Labute approximate surface area is 126 Å².